The van der Waals surface area contributed by atoms with Gasteiger partial charge >= 0.3 is 0 Å². The summed E-state index contributed by atoms with van der Waals surface area (Å²) in [7, 11) is 0. The summed E-state index contributed by atoms with van der Waals surface area (Å²) in [5.74, 6) is 1.41. The molecular formula is C17H23N3O. The minimum absolute atomic E-state index is 0.131. The van der Waals surface area contributed by atoms with Crippen LogP contribution in [-0.2, 0) is 12.8 Å². The van der Waals surface area contributed by atoms with Gasteiger partial charge in [-0.2, -0.15) is 0 Å². The number of hydrogen-bond acceptors (Lipinski definition) is 4. The Bertz CT molecular complexity index is 623. The van der Waals surface area contributed by atoms with Crippen LogP contribution < -0.4 is 10.5 Å². The lowest BCUT2D eigenvalue weighted by atomic mass is 10.1. The van der Waals surface area contributed by atoms with Gasteiger partial charge in [-0.25, -0.2) is 4.98 Å². The summed E-state index contributed by atoms with van der Waals surface area (Å²) in [6.45, 7) is 8.04. The maximum Gasteiger partial charge on any atom is 0.222 e. The normalized spacial score (nSPS) is 12.2. The zero-order valence-electron chi connectivity index (χ0n) is 13.2. The topological polar surface area (TPSA) is 61.0 Å². The number of hydrogen-bond donors (Lipinski definition) is 1. The highest BCUT2D eigenvalue weighted by molar-refractivity contribution is 5.36. The van der Waals surface area contributed by atoms with Crippen LogP contribution in [0.3, 0.4) is 0 Å². The minimum Gasteiger partial charge on any atom is -0.437 e. The van der Waals surface area contributed by atoms with E-state index in [9.17, 15) is 0 Å². The van der Waals surface area contributed by atoms with Crippen molar-refractivity contribution in [3.63, 3.8) is 0 Å². The fraction of sp³-hybridized carbons (Fsp3) is 0.412. The molecule has 0 aliphatic heterocycles. The molecule has 4 nitrogen and oxygen atoms in total. The average molecular weight is 285 g/mol. The van der Waals surface area contributed by atoms with E-state index in [1.165, 1.54) is 0 Å². The number of aromatic nitrogens is 2. The van der Waals surface area contributed by atoms with Crippen LogP contribution in [-0.4, -0.2) is 16.0 Å². The van der Waals surface area contributed by atoms with Crippen LogP contribution in [0.15, 0.2) is 24.4 Å². The number of rotatable bonds is 5. The Morgan fingerprint density at radius 3 is 2.67 bits per heavy atom. The Balaban J connectivity index is 2.24. The first-order valence-electron chi connectivity index (χ1n) is 7.35. The molecule has 0 fully saturated rings. The van der Waals surface area contributed by atoms with Gasteiger partial charge in [0.2, 0.25) is 5.88 Å². The van der Waals surface area contributed by atoms with E-state index in [0.717, 1.165) is 41.1 Å². The van der Waals surface area contributed by atoms with Crippen LogP contribution in [0.5, 0.6) is 11.6 Å². The summed E-state index contributed by atoms with van der Waals surface area (Å²) >= 11 is 0. The molecule has 0 aliphatic carbocycles. The van der Waals surface area contributed by atoms with Gasteiger partial charge in [-0.15, -0.1) is 0 Å². The largest absolute Gasteiger partial charge is 0.437 e. The first-order valence-corrected chi connectivity index (χ1v) is 7.35. The zero-order valence-corrected chi connectivity index (χ0v) is 13.2. The molecule has 0 spiro atoms. The van der Waals surface area contributed by atoms with Crippen molar-refractivity contribution >= 4 is 0 Å². The zero-order chi connectivity index (χ0) is 15.4. The van der Waals surface area contributed by atoms with E-state index in [2.05, 4.69) is 23.0 Å². The van der Waals surface area contributed by atoms with E-state index in [1.54, 1.807) is 0 Å². The maximum atomic E-state index is 5.94. The number of aryl methyl sites for hydroxylation is 3. The van der Waals surface area contributed by atoms with Crippen LogP contribution in [0.4, 0.5) is 0 Å². The molecule has 4 heteroatoms. The average Bonchev–Trinajstić information content (AvgIpc) is 2.42. The predicted octanol–water partition coefficient (Wildman–Crippen LogP) is 3.34. The van der Waals surface area contributed by atoms with Crippen LogP contribution >= 0.6 is 0 Å². The molecule has 2 aromatic heterocycles. The van der Waals surface area contributed by atoms with Crippen molar-refractivity contribution in [2.75, 3.05) is 0 Å². The summed E-state index contributed by atoms with van der Waals surface area (Å²) in [5, 5.41) is 0. The van der Waals surface area contributed by atoms with Gasteiger partial charge in [-0.3, -0.25) is 4.98 Å². The van der Waals surface area contributed by atoms with Crippen molar-refractivity contribution in [2.24, 2.45) is 5.73 Å². The molecule has 112 valence electrons. The fourth-order valence-corrected chi connectivity index (χ4v) is 2.26. The van der Waals surface area contributed by atoms with E-state index in [-0.39, 0.29) is 6.04 Å². The van der Waals surface area contributed by atoms with E-state index < -0.39 is 0 Å². The molecule has 0 aliphatic rings. The summed E-state index contributed by atoms with van der Waals surface area (Å²) < 4.78 is 5.94. The van der Waals surface area contributed by atoms with Crippen molar-refractivity contribution in [1.29, 1.82) is 0 Å². The Morgan fingerprint density at radius 1 is 1.29 bits per heavy atom. The summed E-state index contributed by atoms with van der Waals surface area (Å²) in [4.78, 5) is 8.92. The molecule has 0 saturated carbocycles. The number of ether oxygens (including phenoxy) is 1. The van der Waals surface area contributed by atoms with Gasteiger partial charge in [0.1, 0.15) is 0 Å². The third-order valence-corrected chi connectivity index (χ3v) is 3.26. The SMILES string of the molecule is CCc1nc(C)ccc1Oc1ncc(CC(C)N)cc1C. The lowest BCUT2D eigenvalue weighted by molar-refractivity contribution is 0.449. The molecule has 2 heterocycles. The predicted molar refractivity (Wildman–Crippen MR) is 84.8 cm³/mol. The standard InChI is InChI=1S/C17H23N3O/c1-5-15-16(7-6-13(4)20-15)21-17-11(2)8-14(10-19-17)9-12(3)18/h6-8,10,12H,5,9,18H2,1-4H3. The molecule has 0 amide bonds. The lowest BCUT2D eigenvalue weighted by Crippen LogP contribution is -2.17. The highest BCUT2D eigenvalue weighted by atomic mass is 16.5. The molecule has 1 atom stereocenters. The second-order valence-corrected chi connectivity index (χ2v) is 5.50. The highest BCUT2D eigenvalue weighted by Gasteiger charge is 2.09. The highest BCUT2D eigenvalue weighted by Crippen LogP contribution is 2.26. The third kappa shape index (κ3) is 4.02. The number of pyridine rings is 2. The van der Waals surface area contributed by atoms with Gasteiger partial charge in [0.15, 0.2) is 5.75 Å². The van der Waals surface area contributed by atoms with Gasteiger partial charge in [0, 0.05) is 23.5 Å². The molecule has 21 heavy (non-hydrogen) atoms. The van der Waals surface area contributed by atoms with Crippen molar-refractivity contribution < 1.29 is 4.74 Å². The van der Waals surface area contributed by atoms with Crippen molar-refractivity contribution in [3.8, 4) is 11.6 Å². The quantitative estimate of drug-likeness (QED) is 0.915. The summed E-state index contributed by atoms with van der Waals surface area (Å²) in [5.41, 5.74) is 9.91. The number of nitrogens with two attached hydrogens (primary N) is 1. The maximum absolute atomic E-state index is 5.94. The molecule has 2 aromatic rings. The Morgan fingerprint density at radius 2 is 2.05 bits per heavy atom. The molecular weight excluding hydrogens is 262 g/mol. The Hall–Kier alpha value is -1.94. The molecule has 0 saturated heterocycles. The monoisotopic (exact) mass is 285 g/mol. The van der Waals surface area contributed by atoms with Gasteiger partial charge in [-0.1, -0.05) is 6.92 Å². The first kappa shape index (κ1) is 15.4. The molecule has 2 N–H and O–H groups in total. The van der Waals surface area contributed by atoms with Gasteiger partial charge in [-0.05, 0) is 57.4 Å². The molecule has 0 aromatic carbocycles. The second-order valence-electron chi connectivity index (χ2n) is 5.50. The van der Waals surface area contributed by atoms with Crippen LogP contribution in [0.2, 0.25) is 0 Å². The smallest absolute Gasteiger partial charge is 0.222 e. The van der Waals surface area contributed by atoms with E-state index in [4.69, 9.17) is 10.5 Å². The van der Waals surface area contributed by atoms with Gasteiger partial charge in [0.05, 0.1) is 5.69 Å². The van der Waals surface area contributed by atoms with Gasteiger partial charge < -0.3 is 10.5 Å². The van der Waals surface area contributed by atoms with Gasteiger partial charge in [0.25, 0.3) is 0 Å². The van der Waals surface area contributed by atoms with E-state index >= 15 is 0 Å². The molecule has 2 rings (SSSR count). The van der Waals surface area contributed by atoms with E-state index in [0.29, 0.717) is 5.88 Å². The summed E-state index contributed by atoms with van der Waals surface area (Å²) in [6.07, 6.45) is 3.48. The third-order valence-electron chi connectivity index (χ3n) is 3.26. The van der Waals surface area contributed by atoms with E-state index in [1.807, 2.05) is 39.1 Å². The van der Waals surface area contributed by atoms with Crippen molar-refractivity contribution in [2.45, 2.75) is 46.6 Å². The molecule has 0 bridgehead atoms. The van der Waals surface area contributed by atoms with Crippen LogP contribution in [0.25, 0.3) is 0 Å². The fourth-order valence-electron chi connectivity index (χ4n) is 2.26. The summed E-state index contributed by atoms with van der Waals surface area (Å²) in [6, 6.07) is 6.12. The van der Waals surface area contributed by atoms with Crippen LogP contribution in [0.1, 0.15) is 36.4 Å². The lowest BCUT2D eigenvalue weighted by Gasteiger charge is -2.12. The van der Waals surface area contributed by atoms with Crippen LogP contribution in [0, 0.1) is 13.8 Å². The minimum atomic E-state index is 0.131. The first-order chi connectivity index (χ1) is 9.99. The van der Waals surface area contributed by atoms with Crippen molar-refractivity contribution in [1.82, 2.24) is 9.97 Å². The molecule has 0 radical (unpaired) electrons. The molecule has 1 unspecified atom stereocenters. The Labute approximate surface area is 126 Å². The number of nitrogens with zero attached hydrogens (tertiary/aromatic N) is 2. The van der Waals surface area contributed by atoms with Crippen molar-refractivity contribution in [3.05, 3.63) is 46.9 Å². The Kier molecular flexibility index (Phi) is 4.91. The second kappa shape index (κ2) is 6.68.